The van der Waals surface area contributed by atoms with E-state index in [4.69, 9.17) is 15.9 Å². The highest BCUT2D eigenvalue weighted by molar-refractivity contribution is 9.10. The Morgan fingerprint density at radius 1 is 1.10 bits per heavy atom. The second-order valence-corrected chi connectivity index (χ2v) is 5.31. The maximum atomic E-state index is 7.37. The molecule has 21 heavy (non-hydrogen) atoms. The summed E-state index contributed by atoms with van der Waals surface area (Å²) in [6, 6.07) is 13.4. The molecule has 0 fully saturated rings. The average molecular weight is 343 g/mol. The zero-order chi connectivity index (χ0) is 14.8. The lowest BCUT2D eigenvalue weighted by atomic mass is 10.1. The molecule has 0 spiro atoms. The first-order valence-electron chi connectivity index (χ1n) is 6.16. The molecule has 0 atom stereocenters. The summed E-state index contributed by atoms with van der Waals surface area (Å²) in [5, 5.41) is 9.53. The van der Waals surface area contributed by atoms with Gasteiger partial charge in [-0.25, -0.2) is 4.98 Å². The van der Waals surface area contributed by atoms with E-state index in [1.807, 2.05) is 36.4 Å². The Morgan fingerprint density at radius 2 is 1.86 bits per heavy atom. The predicted octanol–water partition coefficient (Wildman–Crippen LogP) is 3.47. The van der Waals surface area contributed by atoms with E-state index in [0.717, 1.165) is 15.2 Å². The van der Waals surface area contributed by atoms with Gasteiger partial charge in [-0.05, 0) is 41.1 Å². The first kappa shape index (κ1) is 13.5. The maximum Gasteiger partial charge on any atom is 0.322 e. The number of nitrogens with one attached hydrogen (secondary N) is 1. The molecule has 0 saturated heterocycles. The van der Waals surface area contributed by atoms with Crippen molar-refractivity contribution in [3.8, 4) is 11.8 Å². The fraction of sp³-hybridized carbons (Fsp3) is 0. The van der Waals surface area contributed by atoms with Crippen molar-refractivity contribution in [2.24, 2.45) is 5.73 Å². The molecule has 0 aliphatic heterocycles. The van der Waals surface area contributed by atoms with Crippen LogP contribution in [0.2, 0.25) is 0 Å². The van der Waals surface area contributed by atoms with Gasteiger partial charge in [0.2, 0.25) is 0 Å². The minimum absolute atomic E-state index is 0.120. The Balaban J connectivity index is 1.92. The number of halogens is 1. The molecule has 0 amide bonds. The largest absolute Gasteiger partial charge is 0.424 e. The second-order valence-electron chi connectivity index (χ2n) is 4.39. The quantitative estimate of drug-likeness (QED) is 0.563. The van der Waals surface area contributed by atoms with Gasteiger partial charge in [0.05, 0.1) is 0 Å². The van der Waals surface area contributed by atoms with Crippen molar-refractivity contribution < 1.29 is 4.74 Å². The average Bonchev–Trinajstić information content (AvgIpc) is 2.48. The molecule has 0 aliphatic carbocycles. The van der Waals surface area contributed by atoms with Crippen LogP contribution in [-0.4, -0.2) is 15.8 Å². The lowest BCUT2D eigenvalue weighted by molar-refractivity contribution is 0.442. The molecule has 3 N–H and O–H groups in total. The van der Waals surface area contributed by atoms with Crippen LogP contribution in [0.25, 0.3) is 10.8 Å². The monoisotopic (exact) mass is 342 g/mol. The topological polar surface area (TPSA) is 84.9 Å². The fourth-order valence-electron chi connectivity index (χ4n) is 1.90. The summed E-state index contributed by atoms with van der Waals surface area (Å²) in [7, 11) is 0. The van der Waals surface area contributed by atoms with Crippen LogP contribution < -0.4 is 10.5 Å². The van der Waals surface area contributed by atoms with Crippen molar-refractivity contribution in [2.75, 3.05) is 0 Å². The third kappa shape index (κ3) is 3.00. The lowest BCUT2D eigenvalue weighted by Gasteiger charge is -2.06. The minimum atomic E-state index is -0.120. The molecule has 0 bridgehead atoms. The molecule has 6 heteroatoms. The number of hydrogen-bond donors (Lipinski definition) is 2. The van der Waals surface area contributed by atoms with Crippen molar-refractivity contribution in [3.05, 3.63) is 58.8 Å². The molecule has 104 valence electrons. The Bertz CT molecular complexity index is 835. The highest BCUT2D eigenvalue weighted by Gasteiger charge is 2.05. The van der Waals surface area contributed by atoms with Crippen LogP contribution in [0.5, 0.6) is 11.8 Å². The number of nitrogen functional groups attached to an aromatic ring is 1. The van der Waals surface area contributed by atoms with E-state index in [9.17, 15) is 0 Å². The number of nitrogens with zero attached hydrogens (tertiary/aromatic N) is 2. The lowest BCUT2D eigenvalue weighted by Crippen LogP contribution is -2.13. The van der Waals surface area contributed by atoms with Gasteiger partial charge >= 0.3 is 6.01 Å². The standard InChI is InChI=1S/C15H11BrN4O/c16-11-3-1-10-8-12(4-2-9(10)7-11)21-15-19-6-5-13(20-15)14(17)18/h1-8H,(H3,17,18). The number of amidine groups is 1. The number of nitrogens with two attached hydrogens (primary N) is 1. The van der Waals surface area contributed by atoms with Crippen LogP contribution in [0.15, 0.2) is 53.1 Å². The number of hydrogen-bond acceptors (Lipinski definition) is 4. The van der Waals surface area contributed by atoms with Crippen molar-refractivity contribution in [1.29, 1.82) is 5.41 Å². The fourth-order valence-corrected chi connectivity index (χ4v) is 2.28. The molecule has 0 unspecified atom stereocenters. The zero-order valence-corrected chi connectivity index (χ0v) is 12.5. The second kappa shape index (κ2) is 5.49. The summed E-state index contributed by atoms with van der Waals surface area (Å²) < 4.78 is 6.65. The molecule has 3 rings (SSSR count). The normalized spacial score (nSPS) is 10.5. The molecule has 0 radical (unpaired) electrons. The van der Waals surface area contributed by atoms with Gasteiger partial charge in [-0.2, -0.15) is 4.98 Å². The van der Waals surface area contributed by atoms with Gasteiger partial charge in [-0.15, -0.1) is 0 Å². The molecule has 2 aromatic carbocycles. The van der Waals surface area contributed by atoms with E-state index in [1.54, 1.807) is 6.07 Å². The van der Waals surface area contributed by atoms with Crippen LogP contribution in [0.3, 0.4) is 0 Å². The highest BCUT2D eigenvalue weighted by Crippen LogP contribution is 2.26. The third-order valence-corrected chi connectivity index (χ3v) is 3.39. The molecule has 5 nitrogen and oxygen atoms in total. The van der Waals surface area contributed by atoms with Gasteiger partial charge < -0.3 is 10.5 Å². The summed E-state index contributed by atoms with van der Waals surface area (Å²) in [6.07, 6.45) is 1.51. The van der Waals surface area contributed by atoms with Gasteiger partial charge in [0.15, 0.2) is 0 Å². The van der Waals surface area contributed by atoms with E-state index >= 15 is 0 Å². The van der Waals surface area contributed by atoms with Gasteiger partial charge in [-0.1, -0.05) is 28.1 Å². The van der Waals surface area contributed by atoms with Gasteiger partial charge in [0, 0.05) is 10.7 Å². The SMILES string of the molecule is N=C(N)c1ccnc(Oc2ccc3cc(Br)ccc3c2)n1. The first-order valence-corrected chi connectivity index (χ1v) is 6.96. The Morgan fingerprint density at radius 3 is 2.67 bits per heavy atom. The van der Waals surface area contributed by atoms with Crippen molar-refractivity contribution in [1.82, 2.24) is 9.97 Å². The smallest absolute Gasteiger partial charge is 0.322 e. The van der Waals surface area contributed by atoms with Gasteiger partial charge in [0.25, 0.3) is 0 Å². The van der Waals surface area contributed by atoms with Crippen molar-refractivity contribution in [2.45, 2.75) is 0 Å². The number of fused-ring (bicyclic) bond motifs is 1. The predicted molar refractivity (Wildman–Crippen MR) is 84.8 cm³/mol. The Kier molecular flexibility index (Phi) is 3.53. The van der Waals surface area contributed by atoms with E-state index in [0.29, 0.717) is 11.4 Å². The molecular formula is C15H11BrN4O. The van der Waals surface area contributed by atoms with E-state index < -0.39 is 0 Å². The van der Waals surface area contributed by atoms with Crippen LogP contribution in [0, 0.1) is 5.41 Å². The molecular weight excluding hydrogens is 332 g/mol. The van der Waals surface area contributed by atoms with E-state index in [-0.39, 0.29) is 11.8 Å². The zero-order valence-electron chi connectivity index (χ0n) is 10.9. The van der Waals surface area contributed by atoms with Crippen LogP contribution >= 0.6 is 15.9 Å². The summed E-state index contributed by atoms with van der Waals surface area (Å²) in [6.45, 7) is 0. The summed E-state index contributed by atoms with van der Waals surface area (Å²) in [5.74, 6) is 0.510. The van der Waals surface area contributed by atoms with Crippen LogP contribution in [-0.2, 0) is 0 Å². The summed E-state index contributed by atoms with van der Waals surface area (Å²) >= 11 is 3.44. The molecule has 1 heterocycles. The number of ether oxygens (including phenoxy) is 1. The minimum Gasteiger partial charge on any atom is -0.424 e. The summed E-state index contributed by atoms with van der Waals surface area (Å²) in [4.78, 5) is 8.09. The van der Waals surface area contributed by atoms with Gasteiger partial charge in [-0.3, -0.25) is 5.41 Å². The first-order chi connectivity index (χ1) is 10.1. The van der Waals surface area contributed by atoms with E-state index in [1.165, 1.54) is 6.20 Å². The van der Waals surface area contributed by atoms with Crippen molar-refractivity contribution in [3.63, 3.8) is 0 Å². The molecule has 3 aromatic rings. The molecule has 1 aromatic heterocycles. The van der Waals surface area contributed by atoms with Crippen molar-refractivity contribution >= 4 is 32.5 Å². The summed E-state index contributed by atoms with van der Waals surface area (Å²) in [5.41, 5.74) is 5.74. The Labute approximate surface area is 129 Å². The van der Waals surface area contributed by atoms with Crippen LogP contribution in [0.1, 0.15) is 5.69 Å². The maximum absolute atomic E-state index is 7.37. The third-order valence-electron chi connectivity index (χ3n) is 2.89. The number of rotatable bonds is 3. The number of aromatic nitrogens is 2. The van der Waals surface area contributed by atoms with E-state index in [2.05, 4.69) is 25.9 Å². The number of benzene rings is 2. The highest BCUT2D eigenvalue weighted by atomic mass is 79.9. The molecule has 0 saturated carbocycles. The van der Waals surface area contributed by atoms with Crippen LogP contribution in [0.4, 0.5) is 0 Å². The molecule has 0 aliphatic rings. The van der Waals surface area contributed by atoms with Gasteiger partial charge in [0.1, 0.15) is 17.3 Å². The Hall–Kier alpha value is -2.47.